The number of anilines is 1. The number of hydrogen-bond donors (Lipinski definition) is 1. The van der Waals surface area contributed by atoms with Gasteiger partial charge < -0.3 is 5.32 Å². The molecular weight excluding hydrogens is 322 g/mol. The van der Waals surface area contributed by atoms with Gasteiger partial charge in [-0.2, -0.15) is 0 Å². The predicted octanol–water partition coefficient (Wildman–Crippen LogP) is 4.32. The SMILES string of the molecule is O=C(Nc1c(F)cccc1F)C(Cc1cccnc1)c1ccccc1. The highest BCUT2D eigenvalue weighted by Crippen LogP contribution is 2.25. The monoisotopic (exact) mass is 338 g/mol. The molecule has 0 saturated carbocycles. The lowest BCUT2D eigenvalue weighted by atomic mass is 9.91. The van der Waals surface area contributed by atoms with Crippen LogP contribution in [0.3, 0.4) is 0 Å². The van der Waals surface area contributed by atoms with E-state index in [1.807, 2.05) is 36.4 Å². The third kappa shape index (κ3) is 4.07. The van der Waals surface area contributed by atoms with E-state index in [1.54, 1.807) is 18.5 Å². The Bertz CT molecular complexity index is 834. The molecule has 1 N–H and O–H groups in total. The van der Waals surface area contributed by atoms with E-state index in [4.69, 9.17) is 0 Å². The summed E-state index contributed by atoms with van der Waals surface area (Å²) in [6.45, 7) is 0. The number of nitrogens with zero attached hydrogens (tertiary/aromatic N) is 1. The molecule has 0 radical (unpaired) electrons. The zero-order valence-electron chi connectivity index (χ0n) is 13.3. The number of amides is 1. The van der Waals surface area contributed by atoms with Crippen LogP contribution in [-0.4, -0.2) is 10.9 Å². The van der Waals surface area contributed by atoms with Gasteiger partial charge in [0.05, 0.1) is 5.92 Å². The summed E-state index contributed by atoms with van der Waals surface area (Å²) >= 11 is 0. The standard InChI is InChI=1S/C20H16F2N2O/c21-17-9-4-10-18(22)19(17)24-20(25)16(15-7-2-1-3-8-15)12-14-6-5-11-23-13-14/h1-11,13,16H,12H2,(H,24,25). The van der Waals surface area contributed by atoms with Crippen LogP contribution in [-0.2, 0) is 11.2 Å². The van der Waals surface area contributed by atoms with E-state index in [0.717, 1.165) is 23.3 Å². The highest BCUT2D eigenvalue weighted by atomic mass is 19.1. The largest absolute Gasteiger partial charge is 0.321 e. The molecule has 3 rings (SSSR count). The van der Waals surface area contributed by atoms with Crippen LogP contribution in [0, 0.1) is 11.6 Å². The summed E-state index contributed by atoms with van der Waals surface area (Å²) in [5, 5.41) is 2.39. The van der Waals surface area contributed by atoms with Crippen molar-refractivity contribution in [2.75, 3.05) is 5.32 Å². The van der Waals surface area contributed by atoms with Gasteiger partial charge in [0.1, 0.15) is 17.3 Å². The number of halogens is 2. The molecule has 0 aliphatic heterocycles. The molecule has 0 aliphatic carbocycles. The average Bonchev–Trinajstić information content (AvgIpc) is 2.64. The summed E-state index contributed by atoms with van der Waals surface area (Å²) in [4.78, 5) is 16.8. The van der Waals surface area contributed by atoms with Gasteiger partial charge in [0.15, 0.2) is 0 Å². The molecule has 1 heterocycles. The van der Waals surface area contributed by atoms with E-state index in [0.29, 0.717) is 6.42 Å². The first kappa shape index (κ1) is 16.8. The molecule has 5 heteroatoms. The maximum absolute atomic E-state index is 13.8. The Hall–Kier alpha value is -3.08. The number of rotatable bonds is 5. The van der Waals surface area contributed by atoms with Crippen LogP contribution in [0.4, 0.5) is 14.5 Å². The molecule has 1 aromatic heterocycles. The van der Waals surface area contributed by atoms with Gasteiger partial charge in [0.25, 0.3) is 0 Å². The minimum atomic E-state index is -0.804. The zero-order chi connectivity index (χ0) is 17.6. The van der Waals surface area contributed by atoms with Crippen LogP contribution in [0.5, 0.6) is 0 Å². The fourth-order valence-corrected chi connectivity index (χ4v) is 2.63. The van der Waals surface area contributed by atoms with Crippen molar-refractivity contribution in [3.63, 3.8) is 0 Å². The Balaban J connectivity index is 1.90. The molecule has 25 heavy (non-hydrogen) atoms. The Morgan fingerprint density at radius 3 is 2.32 bits per heavy atom. The van der Waals surface area contributed by atoms with Crippen LogP contribution in [0.2, 0.25) is 0 Å². The Kier molecular flexibility index (Phi) is 5.14. The van der Waals surface area contributed by atoms with Crippen molar-refractivity contribution >= 4 is 11.6 Å². The van der Waals surface area contributed by atoms with Gasteiger partial charge in [-0.05, 0) is 35.7 Å². The molecule has 0 aliphatic rings. The molecule has 0 spiro atoms. The summed E-state index contributed by atoms with van der Waals surface area (Å²) < 4.78 is 27.7. The van der Waals surface area contributed by atoms with Gasteiger partial charge in [-0.25, -0.2) is 8.78 Å². The molecule has 0 fully saturated rings. The van der Waals surface area contributed by atoms with Crippen molar-refractivity contribution < 1.29 is 13.6 Å². The summed E-state index contributed by atoms with van der Waals surface area (Å²) in [7, 11) is 0. The second kappa shape index (κ2) is 7.66. The minimum absolute atomic E-state index is 0.375. The van der Waals surface area contributed by atoms with E-state index in [2.05, 4.69) is 10.3 Å². The predicted molar refractivity (Wildman–Crippen MR) is 92.1 cm³/mol. The fraction of sp³-hybridized carbons (Fsp3) is 0.100. The molecule has 0 saturated heterocycles. The Morgan fingerprint density at radius 2 is 1.68 bits per heavy atom. The van der Waals surface area contributed by atoms with Crippen molar-refractivity contribution in [2.24, 2.45) is 0 Å². The Morgan fingerprint density at radius 1 is 0.960 bits per heavy atom. The van der Waals surface area contributed by atoms with Crippen molar-refractivity contribution in [2.45, 2.75) is 12.3 Å². The van der Waals surface area contributed by atoms with Crippen LogP contribution in [0.25, 0.3) is 0 Å². The smallest absolute Gasteiger partial charge is 0.232 e. The van der Waals surface area contributed by atoms with Crippen molar-refractivity contribution in [3.05, 3.63) is 95.8 Å². The van der Waals surface area contributed by atoms with Crippen LogP contribution in [0.1, 0.15) is 17.0 Å². The number of carbonyl (C=O) groups is 1. The maximum Gasteiger partial charge on any atom is 0.232 e. The molecule has 1 atom stereocenters. The molecule has 1 unspecified atom stereocenters. The van der Waals surface area contributed by atoms with Crippen LogP contribution < -0.4 is 5.32 Å². The molecule has 1 amide bonds. The maximum atomic E-state index is 13.8. The topological polar surface area (TPSA) is 42.0 Å². The molecular formula is C20H16F2N2O. The quantitative estimate of drug-likeness (QED) is 0.752. The number of nitrogens with one attached hydrogen (secondary N) is 1. The van der Waals surface area contributed by atoms with Gasteiger partial charge in [0.2, 0.25) is 5.91 Å². The number of hydrogen-bond acceptors (Lipinski definition) is 2. The number of aromatic nitrogens is 1. The van der Waals surface area contributed by atoms with E-state index < -0.39 is 29.1 Å². The van der Waals surface area contributed by atoms with Gasteiger partial charge >= 0.3 is 0 Å². The third-order valence-electron chi connectivity index (χ3n) is 3.89. The number of pyridine rings is 1. The summed E-state index contributed by atoms with van der Waals surface area (Å²) in [6, 6.07) is 16.2. The lowest BCUT2D eigenvalue weighted by Gasteiger charge is -2.18. The fourth-order valence-electron chi connectivity index (χ4n) is 2.63. The third-order valence-corrected chi connectivity index (χ3v) is 3.89. The highest BCUT2D eigenvalue weighted by Gasteiger charge is 2.23. The van der Waals surface area contributed by atoms with Gasteiger partial charge in [0, 0.05) is 12.4 Å². The summed E-state index contributed by atoms with van der Waals surface area (Å²) in [6.07, 6.45) is 3.70. The second-order valence-corrected chi connectivity index (χ2v) is 5.61. The van der Waals surface area contributed by atoms with Crippen molar-refractivity contribution in [3.8, 4) is 0 Å². The van der Waals surface area contributed by atoms with Gasteiger partial charge in [-0.15, -0.1) is 0 Å². The molecule has 2 aromatic carbocycles. The molecule has 0 bridgehead atoms. The first-order chi connectivity index (χ1) is 12.1. The number of benzene rings is 2. The van der Waals surface area contributed by atoms with E-state index >= 15 is 0 Å². The highest BCUT2D eigenvalue weighted by molar-refractivity contribution is 5.96. The molecule has 3 aromatic rings. The molecule has 126 valence electrons. The summed E-state index contributed by atoms with van der Waals surface area (Å²) in [5.41, 5.74) is 1.20. The second-order valence-electron chi connectivity index (χ2n) is 5.61. The first-order valence-electron chi connectivity index (χ1n) is 7.84. The lowest BCUT2D eigenvalue weighted by molar-refractivity contribution is -0.117. The number of carbonyl (C=O) groups excluding carboxylic acids is 1. The van der Waals surface area contributed by atoms with Crippen molar-refractivity contribution in [1.29, 1.82) is 0 Å². The van der Waals surface area contributed by atoms with Crippen LogP contribution >= 0.6 is 0 Å². The number of para-hydroxylation sites is 1. The normalized spacial score (nSPS) is 11.8. The molecule has 3 nitrogen and oxygen atoms in total. The minimum Gasteiger partial charge on any atom is -0.321 e. The Labute approximate surface area is 144 Å². The first-order valence-corrected chi connectivity index (χ1v) is 7.84. The van der Waals surface area contributed by atoms with Crippen LogP contribution in [0.15, 0.2) is 73.1 Å². The lowest BCUT2D eigenvalue weighted by Crippen LogP contribution is -2.24. The summed E-state index contributed by atoms with van der Waals surface area (Å²) in [5.74, 6) is -2.67. The average molecular weight is 338 g/mol. The van der Waals surface area contributed by atoms with E-state index in [-0.39, 0.29) is 0 Å². The van der Waals surface area contributed by atoms with E-state index in [1.165, 1.54) is 6.07 Å². The van der Waals surface area contributed by atoms with E-state index in [9.17, 15) is 13.6 Å². The van der Waals surface area contributed by atoms with Crippen molar-refractivity contribution in [1.82, 2.24) is 4.98 Å². The van der Waals surface area contributed by atoms with Gasteiger partial charge in [-0.3, -0.25) is 9.78 Å². The zero-order valence-corrected chi connectivity index (χ0v) is 13.3. The van der Waals surface area contributed by atoms with Gasteiger partial charge in [-0.1, -0.05) is 42.5 Å².